The summed E-state index contributed by atoms with van der Waals surface area (Å²) < 4.78 is 5.51. The molecule has 3 aromatic rings. The molecule has 0 bridgehead atoms. The highest BCUT2D eigenvalue weighted by Gasteiger charge is 2.31. The van der Waals surface area contributed by atoms with Crippen LogP contribution in [-0.2, 0) is 12.8 Å². The number of hydrogen-bond acceptors (Lipinski definition) is 3. The van der Waals surface area contributed by atoms with Crippen LogP contribution in [0.3, 0.4) is 0 Å². The molecule has 0 saturated heterocycles. The predicted molar refractivity (Wildman–Crippen MR) is 86.7 cm³/mol. The summed E-state index contributed by atoms with van der Waals surface area (Å²) in [5.74, 6) is 0.400. The fourth-order valence-electron chi connectivity index (χ4n) is 3.72. The maximum Gasteiger partial charge on any atom is 0.315 e. The third kappa shape index (κ3) is 1.64. The summed E-state index contributed by atoms with van der Waals surface area (Å²) in [5, 5.41) is 15.7. The molecule has 0 heterocycles. The average molecular weight is 293 g/mol. The summed E-state index contributed by atoms with van der Waals surface area (Å²) in [4.78, 5) is 11.4. The number of nitro groups is 1. The summed E-state index contributed by atoms with van der Waals surface area (Å²) in [5.41, 5.74) is 2.12. The van der Waals surface area contributed by atoms with Crippen LogP contribution in [-0.4, -0.2) is 12.0 Å². The van der Waals surface area contributed by atoms with Gasteiger partial charge >= 0.3 is 5.69 Å². The molecule has 0 amide bonds. The van der Waals surface area contributed by atoms with Crippen LogP contribution in [0.2, 0.25) is 0 Å². The topological polar surface area (TPSA) is 52.4 Å². The molecule has 0 aromatic heterocycles. The van der Waals surface area contributed by atoms with Gasteiger partial charge in [0.15, 0.2) is 0 Å². The Morgan fingerprint density at radius 2 is 1.82 bits per heavy atom. The van der Waals surface area contributed by atoms with E-state index in [1.165, 1.54) is 7.11 Å². The number of aryl methyl sites for hydroxylation is 1. The fourth-order valence-corrected chi connectivity index (χ4v) is 3.72. The van der Waals surface area contributed by atoms with Gasteiger partial charge in [0.1, 0.15) is 0 Å². The molecule has 0 aliphatic heterocycles. The van der Waals surface area contributed by atoms with Gasteiger partial charge in [-0.15, -0.1) is 0 Å². The van der Waals surface area contributed by atoms with Gasteiger partial charge in [0.05, 0.1) is 12.0 Å². The van der Waals surface area contributed by atoms with Crippen molar-refractivity contribution < 1.29 is 9.66 Å². The number of ether oxygens (including phenoxy) is 1. The lowest BCUT2D eigenvalue weighted by Gasteiger charge is -2.14. The molecule has 0 saturated carbocycles. The van der Waals surface area contributed by atoms with E-state index in [9.17, 15) is 10.1 Å². The van der Waals surface area contributed by atoms with Crippen molar-refractivity contribution in [2.75, 3.05) is 7.11 Å². The second-order valence-electron chi connectivity index (χ2n) is 5.66. The number of methoxy groups -OCH3 is 1. The van der Waals surface area contributed by atoms with E-state index < -0.39 is 0 Å². The monoisotopic (exact) mass is 293 g/mol. The third-order valence-electron chi connectivity index (χ3n) is 4.59. The van der Waals surface area contributed by atoms with E-state index in [0.29, 0.717) is 5.75 Å². The summed E-state index contributed by atoms with van der Waals surface area (Å²) in [6.07, 6.45) is 2.62. The van der Waals surface area contributed by atoms with Gasteiger partial charge in [-0.05, 0) is 41.0 Å². The maximum absolute atomic E-state index is 11.6. The molecule has 0 unspecified atom stereocenters. The van der Waals surface area contributed by atoms with Crippen molar-refractivity contribution in [1.82, 2.24) is 0 Å². The Bertz CT molecular complexity index is 931. The van der Waals surface area contributed by atoms with Crippen molar-refractivity contribution in [1.29, 1.82) is 0 Å². The Morgan fingerprint density at radius 3 is 2.59 bits per heavy atom. The lowest BCUT2D eigenvalue weighted by atomic mass is 9.94. The Kier molecular flexibility index (Phi) is 2.79. The second-order valence-corrected chi connectivity index (χ2v) is 5.66. The summed E-state index contributed by atoms with van der Waals surface area (Å²) in [6, 6.07) is 12.1. The van der Waals surface area contributed by atoms with Crippen LogP contribution < -0.4 is 4.74 Å². The molecular weight excluding hydrogens is 278 g/mol. The number of hydrogen-bond donors (Lipinski definition) is 0. The molecule has 4 nitrogen and oxygen atoms in total. The van der Waals surface area contributed by atoms with Gasteiger partial charge in [-0.2, -0.15) is 0 Å². The van der Waals surface area contributed by atoms with E-state index in [2.05, 4.69) is 12.1 Å². The predicted octanol–water partition coefficient (Wildman–Crippen LogP) is 4.40. The first kappa shape index (κ1) is 13.1. The largest absolute Gasteiger partial charge is 0.490 e. The van der Waals surface area contributed by atoms with Crippen LogP contribution in [0.15, 0.2) is 36.4 Å². The van der Waals surface area contributed by atoms with Gasteiger partial charge in [-0.3, -0.25) is 10.1 Å². The highest BCUT2D eigenvalue weighted by atomic mass is 16.6. The van der Waals surface area contributed by atoms with Crippen molar-refractivity contribution in [3.8, 4) is 5.75 Å². The van der Waals surface area contributed by atoms with Crippen LogP contribution in [0.1, 0.15) is 17.5 Å². The molecule has 3 aromatic carbocycles. The van der Waals surface area contributed by atoms with Crippen LogP contribution in [0.25, 0.3) is 21.5 Å². The Labute approximate surface area is 127 Å². The number of nitro benzene ring substituents is 1. The van der Waals surface area contributed by atoms with E-state index in [0.717, 1.165) is 51.9 Å². The number of fused-ring (bicyclic) bond motifs is 5. The van der Waals surface area contributed by atoms with Crippen LogP contribution >= 0.6 is 0 Å². The van der Waals surface area contributed by atoms with Gasteiger partial charge in [-0.1, -0.05) is 36.4 Å². The minimum atomic E-state index is -0.288. The summed E-state index contributed by atoms with van der Waals surface area (Å²) >= 11 is 0. The molecule has 1 aliphatic rings. The third-order valence-corrected chi connectivity index (χ3v) is 4.59. The first-order valence-electron chi connectivity index (χ1n) is 7.40. The lowest BCUT2D eigenvalue weighted by Crippen LogP contribution is -2.01. The Hall–Kier alpha value is -2.62. The van der Waals surface area contributed by atoms with E-state index in [1.54, 1.807) is 0 Å². The molecule has 0 spiro atoms. The standard InChI is InChI=1S/C18H15NO3/c1-22-18-16-12-6-3-2-5-11(12)9-10-14(16)13-7-4-8-15(13)17(18)19(20)21/h2-3,5-6,9-10H,4,7-8H2,1H3. The average Bonchev–Trinajstić information content (AvgIpc) is 3.01. The highest BCUT2D eigenvalue weighted by molar-refractivity contribution is 6.13. The van der Waals surface area contributed by atoms with Crippen molar-refractivity contribution in [3.05, 3.63) is 57.6 Å². The molecule has 4 heteroatoms. The molecule has 0 radical (unpaired) electrons. The number of rotatable bonds is 2. The minimum absolute atomic E-state index is 0.152. The molecule has 110 valence electrons. The minimum Gasteiger partial charge on any atom is -0.490 e. The first-order chi connectivity index (χ1) is 10.7. The molecule has 22 heavy (non-hydrogen) atoms. The zero-order chi connectivity index (χ0) is 15.3. The first-order valence-corrected chi connectivity index (χ1v) is 7.40. The van der Waals surface area contributed by atoms with Gasteiger partial charge in [0, 0.05) is 10.9 Å². The van der Waals surface area contributed by atoms with Crippen LogP contribution in [0, 0.1) is 10.1 Å². The zero-order valence-electron chi connectivity index (χ0n) is 12.3. The van der Waals surface area contributed by atoms with Crippen molar-refractivity contribution >= 4 is 27.2 Å². The molecule has 0 N–H and O–H groups in total. The highest BCUT2D eigenvalue weighted by Crippen LogP contribution is 2.47. The number of benzene rings is 3. The van der Waals surface area contributed by atoms with Crippen molar-refractivity contribution in [2.45, 2.75) is 19.3 Å². The molecule has 1 aliphatic carbocycles. The van der Waals surface area contributed by atoms with Gasteiger partial charge < -0.3 is 4.74 Å². The van der Waals surface area contributed by atoms with Crippen LogP contribution in [0.4, 0.5) is 5.69 Å². The van der Waals surface area contributed by atoms with Gasteiger partial charge in [0.25, 0.3) is 0 Å². The number of nitrogens with zero attached hydrogens (tertiary/aromatic N) is 1. The fraction of sp³-hybridized carbons (Fsp3) is 0.222. The van der Waals surface area contributed by atoms with Crippen molar-refractivity contribution in [2.24, 2.45) is 0 Å². The Morgan fingerprint density at radius 1 is 1.05 bits per heavy atom. The summed E-state index contributed by atoms with van der Waals surface area (Å²) in [6.45, 7) is 0. The van der Waals surface area contributed by atoms with E-state index in [1.807, 2.05) is 24.3 Å². The van der Waals surface area contributed by atoms with E-state index in [4.69, 9.17) is 4.74 Å². The van der Waals surface area contributed by atoms with Crippen molar-refractivity contribution in [3.63, 3.8) is 0 Å². The van der Waals surface area contributed by atoms with E-state index >= 15 is 0 Å². The lowest BCUT2D eigenvalue weighted by molar-refractivity contribution is -0.386. The SMILES string of the molecule is COc1c([N+](=O)[O-])c2c(c3ccc4ccccc4c13)CCC2. The quantitative estimate of drug-likeness (QED) is 0.400. The molecule has 0 fully saturated rings. The normalized spacial score (nSPS) is 13.5. The molecule has 4 rings (SSSR count). The van der Waals surface area contributed by atoms with Gasteiger partial charge in [-0.25, -0.2) is 0 Å². The zero-order valence-corrected chi connectivity index (χ0v) is 12.3. The molecule has 0 atom stereocenters. The smallest absolute Gasteiger partial charge is 0.315 e. The van der Waals surface area contributed by atoms with Crippen LogP contribution in [0.5, 0.6) is 5.75 Å². The summed E-state index contributed by atoms with van der Waals surface area (Å²) in [7, 11) is 1.52. The second kappa shape index (κ2) is 4.70. The Balaban J connectivity index is 2.29. The maximum atomic E-state index is 11.6. The molecular formula is C18H15NO3. The van der Waals surface area contributed by atoms with E-state index in [-0.39, 0.29) is 10.6 Å². The van der Waals surface area contributed by atoms with Gasteiger partial charge in [0.2, 0.25) is 5.75 Å².